The molecular weight excluding hydrogens is 368 g/mol. The van der Waals surface area contributed by atoms with Crippen molar-refractivity contribution in [2.75, 3.05) is 11.1 Å². The summed E-state index contributed by atoms with van der Waals surface area (Å²) in [7, 11) is 0. The monoisotopic (exact) mass is 379 g/mol. The molecule has 5 nitrogen and oxygen atoms in total. The molecule has 0 saturated carbocycles. The molecule has 1 amide bonds. The third-order valence-electron chi connectivity index (χ3n) is 3.11. The Kier molecular flexibility index (Phi) is 5.25. The molecule has 9 heteroatoms. The summed E-state index contributed by atoms with van der Waals surface area (Å²) in [4.78, 5) is 16.1. The fourth-order valence-corrected chi connectivity index (χ4v) is 3.39. The fourth-order valence-electron chi connectivity index (χ4n) is 1.94. The van der Waals surface area contributed by atoms with Crippen LogP contribution in [-0.2, 0) is 4.79 Å². The molecule has 0 bridgehead atoms. The first-order valence-corrected chi connectivity index (χ1v) is 8.91. The van der Waals surface area contributed by atoms with E-state index in [1.807, 2.05) is 0 Å². The summed E-state index contributed by atoms with van der Waals surface area (Å²) >= 11 is 2.28. The van der Waals surface area contributed by atoms with Gasteiger partial charge in [-0.05, 0) is 36.0 Å². The molecule has 3 aromatic rings. The summed E-state index contributed by atoms with van der Waals surface area (Å²) in [6, 6.07) is 8.42. The van der Waals surface area contributed by atoms with E-state index in [-0.39, 0.29) is 11.7 Å². The minimum atomic E-state index is -0.957. The molecule has 128 valence electrons. The quantitative estimate of drug-likeness (QED) is 0.419. The molecule has 0 aliphatic rings. The summed E-state index contributed by atoms with van der Waals surface area (Å²) in [5, 5.41) is 16.5. The maximum absolute atomic E-state index is 13.3. The van der Waals surface area contributed by atoms with Crippen molar-refractivity contribution in [3.05, 3.63) is 64.8 Å². The lowest BCUT2D eigenvalue weighted by molar-refractivity contribution is -0.645. The molecule has 0 unspecified atom stereocenters. The van der Waals surface area contributed by atoms with Crippen molar-refractivity contribution in [2.45, 2.75) is 5.03 Å². The smallest absolute Gasteiger partial charge is 0.251 e. The van der Waals surface area contributed by atoms with Crippen LogP contribution in [0.5, 0.6) is 0 Å². The van der Waals surface area contributed by atoms with Crippen LogP contribution in [0, 0.1) is 16.8 Å². The number of aromatic nitrogens is 2. The van der Waals surface area contributed by atoms with Gasteiger partial charge in [0.25, 0.3) is 5.03 Å². The molecule has 0 atom stereocenters. The van der Waals surface area contributed by atoms with Gasteiger partial charge in [-0.3, -0.25) is 4.79 Å². The maximum Gasteiger partial charge on any atom is 0.251 e. The van der Waals surface area contributed by atoms with Gasteiger partial charge in [0.15, 0.2) is 23.0 Å². The zero-order chi connectivity index (χ0) is 17.8. The van der Waals surface area contributed by atoms with Gasteiger partial charge in [-0.25, -0.2) is 13.8 Å². The minimum Gasteiger partial charge on any atom is -0.618 e. The van der Waals surface area contributed by atoms with E-state index in [0.29, 0.717) is 26.1 Å². The first kappa shape index (κ1) is 17.3. The van der Waals surface area contributed by atoms with Gasteiger partial charge in [0.2, 0.25) is 5.91 Å². The number of anilines is 1. The van der Waals surface area contributed by atoms with Crippen molar-refractivity contribution in [3.63, 3.8) is 0 Å². The van der Waals surface area contributed by atoms with Gasteiger partial charge in [-0.2, -0.15) is 4.73 Å². The first-order valence-electron chi connectivity index (χ1n) is 7.05. The Morgan fingerprint density at radius 3 is 2.88 bits per heavy atom. The summed E-state index contributed by atoms with van der Waals surface area (Å²) < 4.78 is 26.9. The number of nitrogens with zero attached hydrogens (tertiary/aromatic N) is 2. The number of thiazole rings is 1. The lowest BCUT2D eigenvalue weighted by Gasteiger charge is -2.03. The van der Waals surface area contributed by atoms with E-state index in [2.05, 4.69) is 10.3 Å². The van der Waals surface area contributed by atoms with E-state index in [9.17, 15) is 18.8 Å². The second-order valence-electron chi connectivity index (χ2n) is 4.87. The Balaban J connectivity index is 1.62. The number of hydrogen-bond acceptors (Lipinski definition) is 5. The Morgan fingerprint density at radius 1 is 1.28 bits per heavy atom. The number of carbonyl (C=O) groups excluding carboxylic acids is 1. The molecule has 25 heavy (non-hydrogen) atoms. The summed E-state index contributed by atoms with van der Waals surface area (Å²) in [5.41, 5.74) is 0.856. The Morgan fingerprint density at radius 2 is 2.12 bits per heavy atom. The van der Waals surface area contributed by atoms with Gasteiger partial charge in [-0.15, -0.1) is 11.3 Å². The highest BCUT2D eigenvalue weighted by molar-refractivity contribution is 7.99. The van der Waals surface area contributed by atoms with E-state index in [1.54, 1.807) is 23.6 Å². The molecule has 0 aliphatic heterocycles. The summed E-state index contributed by atoms with van der Waals surface area (Å²) in [6.45, 7) is 0. The Bertz CT molecular complexity index is 918. The average molecular weight is 379 g/mol. The van der Waals surface area contributed by atoms with Gasteiger partial charge in [0, 0.05) is 23.1 Å². The third kappa shape index (κ3) is 4.31. The molecule has 1 N–H and O–H groups in total. The Hall–Kier alpha value is -2.52. The largest absolute Gasteiger partial charge is 0.618 e. The van der Waals surface area contributed by atoms with Crippen molar-refractivity contribution in [1.82, 2.24) is 4.98 Å². The fraction of sp³-hybridized carbons (Fsp3) is 0.0625. The number of thioether (sulfide) groups is 1. The van der Waals surface area contributed by atoms with Crippen molar-refractivity contribution in [2.24, 2.45) is 0 Å². The van der Waals surface area contributed by atoms with Crippen LogP contribution in [0.3, 0.4) is 0 Å². The highest BCUT2D eigenvalue weighted by atomic mass is 32.2. The summed E-state index contributed by atoms with van der Waals surface area (Å²) in [5.74, 6) is -2.16. The SMILES string of the molecule is O=C(CSc1cccc[n+]1[O-])Nc1nc(-c2ccc(F)c(F)c2)cs1. The van der Waals surface area contributed by atoms with Crippen molar-refractivity contribution in [3.8, 4) is 11.3 Å². The molecule has 0 fully saturated rings. The molecule has 0 radical (unpaired) electrons. The number of carbonyl (C=O) groups is 1. The van der Waals surface area contributed by atoms with Crippen LogP contribution in [0.4, 0.5) is 13.9 Å². The molecular formula is C16H11F2N3O2S2. The number of benzene rings is 1. The van der Waals surface area contributed by atoms with Crippen molar-refractivity contribution in [1.29, 1.82) is 0 Å². The van der Waals surface area contributed by atoms with Gasteiger partial charge >= 0.3 is 0 Å². The number of hydrogen-bond donors (Lipinski definition) is 1. The molecule has 2 aromatic heterocycles. The lowest BCUT2D eigenvalue weighted by atomic mass is 10.2. The van der Waals surface area contributed by atoms with Crippen LogP contribution in [0.15, 0.2) is 53.0 Å². The number of rotatable bonds is 5. The maximum atomic E-state index is 13.3. The Labute approximate surface area is 149 Å². The van der Waals surface area contributed by atoms with Gasteiger partial charge in [-0.1, -0.05) is 0 Å². The van der Waals surface area contributed by atoms with Crippen LogP contribution >= 0.6 is 23.1 Å². The van der Waals surface area contributed by atoms with Crippen LogP contribution in [0.25, 0.3) is 11.3 Å². The van der Waals surface area contributed by atoms with Crippen molar-refractivity contribution < 1.29 is 18.3 Å². The topological polar surface area (TPSA) is 68.9 Å². The number of amides is 1. The molecule has 1 aromatic carbocycles. The van der Waals surface area contributed by atoms with Gasteiger partial charge in [0.05, 0.1) is 11.4 Å². The first-order chi connectivity index (χ1) is 12.0. The molecule has 0 saturated heterocycles. The molecule has 2 heterocycles. The van der Waals surface area contributed by atoms with Crippen LogP contribution in [0.1, 0.15) is 0 Å². The zero-order valence-electron chi connectivity index (χ0n) is 12.6. The van der Waals surface area contributed by atoms with E-state index < -0.39 is 11.6 Å². The van der Waals surface area contributed by atoms with E-state index in [1.165, 1.54) is 23.6 Å². The normalized spacial score (nSPS) is 10.6. The van der Waals surface area contributed by atoms with E-state index in [4.69, 9.17) is 0 Å². The predicted octanol–water partition coefficient (Wildman–Crippen LogP) is 3.45. The molecule has 3 rings (SSSR count). The minimum absolute atomic E-state index is 0.0480. The standard InChI is InChI=1S/C16H11F2N3O2S2/c17-11-5-4-10(7-12(11)18)13-8-25-16(19-13)20-14(22)9-24-15-3-1-2-6-21(15)23/h1-8H,9H2,(H,19,20,22). The number of nitrogens with one attached hydrogen (secondary N) is 1. The third-order valence-corrected chi connectivity index (χ3v) is 4.88. The van der Waals surface area contributed by atoms with Crippen molar-refractivity contribution >= 4 is 34.1 Å². The van der Waals surface area contributed by atoms with E-state index in [0.717, 1.165) is 23.9 Å². The predicted molar refractivity (Wildman–Crippen MR) is 92.2 cm³/mol. The lowest BCUT2D eigenvalue weighted by Crippen LogP contribution is -2.28. The van der Waals surface area contributed by atoms with Gasteiger partial charge < -0.3 is 10.5 Å². The van der Waals surface area contributed by atoms with Crippen LogP contribution in [0.2, 0.25) is 0 Å². The highest BCUT2D eigenvalue weighted by Gasteiger charge is 2.12. The average Bonchev–Trinajstić information content (AvgIpc) is 3.05. The zero-order valence-corrected chi connectivity index (χ0v) is 14.2. The second-order valence-corrected chi connectivity index (χ2v) is 6.72. The number of halogens is 2. The molecule has 0 spiro atoms. The molecule has 0 aliphatic carbocycles. The highest BCUT2D eigenvalue weighted by Crippen LogP contribution is 2.26. The second kappa shape index (κ2) is 7.58. The van der Waals surface area contributed by atoms with Crippen LogP contribution < -0.4 is 10.0 Å². The van der Waals surface area contributed by atoms with Gasteiger partial charge in [0.1, 0.15) is 0 Å². The van der Waals surface area contributed by atoms with E-state index >= 15 is 0 Å². The number of pyridine rings is 1. The van der Waals surface area contributed by atoms with Crippen LogP contribution in [-0.4, -0.2) is 16.6 Å². The summed E-state index contributed by atoms with van der Waals surface area (Å²) in [6.07, 6.45) is 1.36.